The topological polar surface area (TPSA) is 35.8 Å². The number of nitrogens with one attached hydrogen (secondary N) is 1. The van der Waals surface area contributed by atoms with Crippen LogP contribution in [0.25, 0.3) is 0 Å². The molecule has 1 aromatic carbocycles. The lowest BCUT2D eigenvalue weighted by atomic mass is 9.97. The van der Waals surface area contributed by atoms with Gasteiger partial charge >= 0.3 is 0 Å². The van der Waals surface area contributed by atoms with E-state index in [1.165, 1.54) is 25.7 Å². The molecule has 2 nitrogen and oxygen atoms in total. The van der Waals surface area contributed by atoms with Gasteiger partial charge in [-0.15, -0.1) is 0 Å². The molecule has 1 aromatic rings. The van der Waals surface area contributed by atoms with Crippen LogP contribution >= 0.6 is 15.9 Å². The summed E-state index contributed by atoms with van der Waals surface area (Å²) >= 11 is 3.40. The maximum Gasteiger partial charge on any atom is 0.100 e. The van der Waals surface area contributed by atoms with Crippen molar-refractivity contribution < 1.29 is 0 Å². The summed E-state index contributed by atoms with van der Waals surface area (Å²) in [6.07, 6.45) is 8.71. The first-order valence-electron chi connectivity index (χ1n) is 6.41. The molecule has 1 aliphatic carbocycles. The van der Waals surface area contributed by atoms with Crippen LogP contribution in [-0.4, -0.2) is 6.54 Å². The van der Waals surface area contributed by atoms with E-state index < -0.39 is 0 Å². The molecule has 94 valence electrons. The van der Waals surface area contributed by atoms with Gasteiger partial charge in [0.2, 0.25) is 0 Å². The second kappa shape index (κ2) is 6.61. The van der Waals surface area contributed by atoms with Gasteiger partial charge in [-0.1, -0.05) is 11.6 Å². The van der Waals surface area contributed by atoms with Crippen LogP contribution in [0.1, 0.15) is 37.7 Å². The molecule has 0 radical (unpaired) electrons. The minimum absolute atomic E-state index is 0.676. The molecule has 0 amide bonds. The molecular formula is C15H17BrN2. The fourth-order valence-corrected chi connectivity index (χ4v) is 2.68. The number of halogens is 1. The van der Waals surface area contributed by atoms with Crippen molar-refractivity contribution in [2.45, 2.75) is 32.1 Å². The van der Waals surface area contributed by atoms with Gasteiger partial charge in [-0.3, -0.25) is 0 Å². The van der Waals surface area contributed by atoms with E-state index in [-0.39, 0.29) is 0 Å². The summed E-state index contributed by atoms with van der Waals surface area (Å²) in [4.78, 5) is 0. The summed E-state index contributed by atoms with van der Waals surface area (Å²) in [5.41, 5.74) is 3.33. The number of rotatable bonds is 4. The van der Waals surface area contributed by atoms with E-state index in [9.17, 15) is 0 Å². The zero-order chi connectivity index (χ0) is 12.8. The number of benzene rings is 1. The van der Waals surface area contributed by atoms with E-state index in [1.54, 1.807) is 5.57 Å². The first kappa shape index (κ1) is 13.2. The van der Waals surface area contributed by atoms with Crippen LogP contribution in [0.15, 0.2) is 34.3 Å². The standard InChI is InChI=1S/C15H17BrN2/c16-15-10-14(7-6-13(15)11-17)18-9-8-12-4-2-1-3-5-12/h4,6-7,10,18H,1-3,5,8-9H2. The zero-order valence-electron chi connectivity index (χ0n) is 10.4. The molecule has 0 saturated heterocycles. The molecule has 1 N–H and O–H groups in total. The van der Waals surface area contributed by atoms with Crippen molar-refractivity contribution in [1.29, 1.82) is 5.26 Å². The first-order valence-corrected chi connectivity index (χ1v) is 7.20. The number of nitriles is 1. The summed E-state index contributed by atoms with van der Waals surface area (Å²) in [5.74, 6) is 0. The van der Waals surface area contributed by atoms with Crippen molar-refractivity contribution in [3.8, 4) is 6.07 Å². The van der Waals surface area contributed by atoms with E-state index in [0.29, 0.717) is 5.56 Å². The highest BCUT2D eigenvalue weighted by molar-refractivity contribution is 9.10. The molecule has 0 heterocycles. The smallest absolute Gasteiger partial charge is 0.100 e. The Morgan fingerprint density at radius 1 is 1.33 bits per heavy atom. The Bertz CT molecular complexity index is 486. The van der Waals surface area contributed by atoms with Crippen molar-refractivity contribution in [3.63, 3.8) is 0 Å². The number of nitrogens with zero attached hydrogens (tertiary/aromatic N) is 1. The summed E-state index contributed by atoms with van der Waals surface area (Å²) in [6, 6.07) is 7.91. The lowest BCUT2D eigenvalue weighted by Crippen LogP contribution is -2.04. The van der Waals surface area contributed by atoms with Gasteiger partial charge in [0.05, 0.1) is 5.56 Å². The summed E-state index contributed by atoms with van der Waals surface area (Å²) < 4.78 is 0.854. The third kappa shape index (κ3) is 3.61. The molecule has 0 fully saturated rings. The maximum atomic E-state index is 8.85. The first-order chi connectivity index (χ1) is 8.79. The van der Waals surface area contributed by atoms with Gasteiger partial charge in [-0.25, -0.2) is 0 Å². The minimum atomic E-state index is 0.676. The SMILES string of the molecule is N#Cc1ccc(NCCC2=CCCCC2)cc1Br. The Morgan fingerprint density at radius 2 is 2.22 bits per heavy atom. The molecule has 3 heteroatoms. The second-order valence-corrected chi connectivity index (χ2v) is 5.45. The fraction of sp³-hybridized carbons (Fsp3) is 0.400. The van der Waals surface area contributed by atoms with Crippen LogP contribution in [0.3, 0.4) is 0 Å². The molecule has 0 aromatic heterocycles. The van der Waals surface area contributed by atoms with E-state index in [2.05, 4.69) is 33.4 Å². The van der Waals surface area contributed by atoms with Gasteiger partial charge in [-0.2, -0.15) is 5.26 Å². The highest BCUT2D eigenvalue weighted by Gasteiger charge is 2.04. The minimum Gasteiger partial charge on any atom is -0.385 e. The van der Waals surface area contributed by atoms with Crippen molar-refractivity contribution >= 4 is 21.6 Å². The molecule has 1 aliphatic rings. The normalized spacial score (nSPS) is 14.8. The third-order valence-electron chi connectivity index (χ3n) is 3.25. The average Bonchev–Trinajstić information content (AvgIpc) is 2.40. The molecule has 0 bridgehead atoms. The predicted molar refractivity (Wildman–Crippen MR) is 78.5 cm³/mol. The molecule has 0 unspecified atom stereocenters. The van der Waals surface area contributed by atoms with E-state index in [4.69, 9.17) is 5.26 Å². The zero-order valence-corrected chi connectivity index (χ0v) is 12.0. The molecule has 0 spiro atoms. The second-order valence-electron chi connectivity index (χ2n) is 4.59. The summed E-state index contributed by atoms with van der Waals surface area (Å²) in [5, 5.41) is 12.3. The van der Waals surface area contributed by atoms with Crippen LogP contribution in [0, 0.1) is 11.3 Å². The third-order valence-corrected chi connectivity index (χ3v) is 3.91. The number of hydrogen-bond donors (Lipinski definition) is 1. The lowest BCUT2D eigenvalue weighted by Gasteiger charge is -2.13. The molecule has 0 atom stereocenters. The number of hydrogen-bond acceptors (Lipinski definition) is 2. The summed E-state index contributed by atoms with van der Waals surface area (Å²) in [7, 11) is 0. The lowest BCUT2D eigenvalue weighted by molar-refractivity contribution is 0.679. The van der Waals surface area contributed by atoms with E-state index in [0.717, 1.165) is 23.1 Å². The molecular weight excluding hydrogens is 288 g/mol. The van der Waals surface area contributed by atoms with Crippen LogP contribution in [0.4, 0.5) is 5.69 Å². The quantitative estimate of drug-likeness (QED) is 0.824. The maximum absolute atomic E-state index is 8.85. The Hall–Kier alpha value is -1.27. The largest absolute Gasteiger partial charge is 0.385 e. The molecule has 2 rings (SSSR count). The van der Waals surface area contributed by atoms with Gasteiger partial charge in [0.25, 0.3) is 0 Å². The number of anilines is 1. The highest BCUT2D eigenvalue weighted by atomic mass is 79.9. The Morgan fingerprint density at radius 3 is 2.89 bits per heavy atom. The molecule has 0 saturated carbocycles. The summed E-state index contributed by atoms with van der Waals surface area (Å²) in [6.45, 7) is 0.962. The Labute approximate surface area is 117 Å². The highest BCUT2D eigenvalue weighted by Crippen LogP contribution is 2.22. The number of allylic oxidation sites excluding steroid dienone is 1. The van der Waals surface area contributed by atoms with Crippen LogP contribution in [0.5, 0.6) is 0 Å². The van der Waals surface area contributed by atoms with E-state index in [1.807, 2.05) is 18.2 Å². The monoisotopic (exact) mass is 304 g/mol. The fourth-order valence-electron chi connectivity index (χ4n) is 2.21. The molecule has 0 aliphatic heterocycles. The predicted octanol–water partition coefficient (Wildman–Crippen LogP) is 4.62. The Balaban J connectivity index is 1.85. The average molecular weight is 305 g/mol. The van der Waals surface area contributed by atoms with Gasteiger partial charge in [-0.05, 0) is 66.2 Å². The van der Waals surface area contributed by atoms with E-state index >= 15 is 0 Å². The van der Waals surface area contributed by atoms with Gasteiger partial charge < -0.3 is 5.32 Å². The van der Waals surface area contributed by atoms with Crippen molar-refractivity contribution in [1.82, 2.24) is 0 Å². The van der Waals surface area contributed by atoms with Gasteiger partial charge in [0.15, 0.2) is 0 Å². The van der Waals surface area contributed by atoms with Crippen molar-refractivity contribution in [2.75, 3.05) is 11.9 Å². The van der Waals surface area contributed by atoms with Gasteiger partial charge in [0, 0.05) is 16.7 Å². The van der Waals surface area contributed by atoms with Crippen LogP contribution in [-0.2, 0) is 0 Å². The van der Waals surface area contributed by atoms with Crippen molar-refractivity contribution in [2.24, 2.45) is 0 Å². The Kier molecular flexibility index (Phi) is 4.83. The van der Waals surface area contributed by atoms with Crippen LogP contribution in [0.2, 0.25) is 0 Å². The van der Waals surface area contributed by atoms with Crippen LogP contribution < -0.4 is 5.32 Å². The van der Waals surface area contributed by atoms with Crippen molar-refractivity contribution in [3.05, 3.63) is 39.9 Å². The molecule has 18 heavy (non-hydrogen) atoms. The van der Waals surface area contributed by atoms with Gasteiger partial charge in [0.1, 0.15) is 6.07 Å².